The normalized spacial score (nSPS) is 16.8. The van der Waals surface area contributed by atoms with Crippen LogP contribution < -0.4 is 11.1 Å². The standard InChI is InChI=1S/C13H22N4O/c1-3-4-11-16-12(14)9(2)13(17-11)15-10-5-7-18-8-6-10/h10H,3-8H2,1-2H3,(H3,14,15,16,17). The van der Waals surface area contributed by atoms with Gasteiger partial charge in [-0.25, -0.2) is 9.97 Å². The van der Waals surface area contributed by atoms with Crippen LogP contribution in [0.2, 0.25) is 0 Å². The molecular formula is C13H22N4O. The van der Waals surface area contributed by atoms with Gasteiger partial charge in [0, 0.05) is 31.2 Å². The zero-order valence-corrected chi connectivity index (χ0v) is 11.2. The monoisotopic (exact) mass is 250 g/mol. The Balaban J connectivity index is 2.14. The number of nitrogens with one attached hydrogen (secondary N) is 1. The predicted octanol–water partition coefficient (Wildman–Crippen LogP) is 1.91. The van der Waals surface area contributed by atoms with E-state index in [0.717, 1.165) is 56.1 Å². The Morgan fingerprint density at radius 2 is 2.06 bits per heavy atom. The third kappa shape index (κ3) is 3.10. The number of nitrogens with two attached hydrogens (primary N) is 1. The maximum atomic E-state index is 5.94. The van der Waals surface area contributed by atoms with Gasteiger partial charge >= 0.3 is 0 Å². The van der Waals surface area contributed by atoms with Gasteiger partial charge in [0.2, 0.25) is 0 Å². The largest absolute Gasteiger partial charge is 0.383 e. The van der Waals surface area contributed by atoms with E-state index in [9.17, 15) is 0 Å². The Morgan fingerprint density at radius 3 is 2.72 bits per heavy atom. The van der Waals surface area contributed by atoms with Crippen LogP contribution >= 0.6 is 0 Å². The predicted molar refractivity (Wildman–Crippen MR) is 72.6 cm³/mol. The van der Waals surface area contributed by atoms with Crippen LogP contribution in [0.5, 0.6) is 0 Å². The van der Waals surface area contributed by atoms with Gasteiger partial charge in [-0.2, -0.15) is 0 Å². The summed E-state index contributed by atoms with van der Waals surface area (Å²) in [6, 6.07) is 0.432. The molecule has 1 aromatic heterocycles. The zero-order valence-electron chi connectivity index (χ0n) is 11.2. The minimum absolute atomic E-state index is 0.432. The summed E-state index contributed by atoms with van der Waals surface area (Å²) < 4.78 is 5.36. The van der Waals surface area contributed by atoms with Crippen molar-refractivity contribution >= 4 is 11.6 Å². The summed E-state index contributed by atoms with van der Waals surface area (Å²) in [6.07, 6.45) is 3.94. The Hall–Kier alpha value is -1.36. The Kier molecular flexibility index (Phi) is 4.36. The average Bonchev–Trinajstić information content (AvgIpc) is 2.37. The van der Waals surface area contributed by atoms with E-state index in [1.54, 1.807) is 0 Å². The second kappa shape index (κ2) is 6.00. The van der Waals surface area contributed by atoms with Crippen LogP contribution in [0, 0.1) is 6.92 Å². The Bertz CT molecular complexity index is 402. The SMILES string of the molecule is CCCc1nc(N)c(C)c(NC2CCOCC2)n1. The van der Waals surface area contributed by atoms with Crippen molar-refractivity contribution in [2.24, 2.45) is 0 Å². The smallest absolute Gasteiger partial charge is 0.134 e. The molecule has 1 aliphatic rings. The molecule has 2 rings (SSSR count). The molecule has 1 aliphatic heterocycles. The highest BCUT2D eigenvalue weighted by molar-refractivity contribution is 5.55. The van der Waals surface area contributed by atoms with Crippen molar-refractivity contribution in [3.05, 3.63) is 11.4 Å². The van der Waals surface area contributed by atoms with Gasteiger partial charge in [-0.15, -0.1) is 0 Å². The van der Waals surface area contributed by atoms with Crippen molar-refractivity contribution in [1.82, 2.24) is 9.97 Å². The second-order valence-corrected chi connectivity index (χ2v) is 4.78. The number of aromatic nitrogens is 2. The van der Waals surface area contributed by atoms with E-state index in [0.29, 0.717) is 11.9 Å². The molecule has 1 fully saturated rings. The maximum Gasteiger partial charge on any atom is 0.134 e. The lowest BCUT2D eigenvalue weighted by Crippen LogP contribution is -2.29. The molecule has 0 bridgehead atoms. The van der Waals surface area contributed by atoms with Crippen LogP contribution in [0.25, 0.3) is 0 Å². The quantitative estimate of drug-likeness (QED) is 0.854. The highest BCUT2D eigenvalue weighted by Gasteiger charge is 2.16. The highest BCUT2D eigenvalue weighted by atomic mass is 16.5. The third-order valence-electron chi connectivity index (χ3n) is 3.27. The van der Waals surface area contributed by atoms with Gasteiger partial charge in [-0.05, 0) is 26.2 Å². The van der Waals surface area contributed by atoms with Crippen molar-refractivity contribution in [3.63, 3.8) is 0 Å². The lowest BCUT2D eigenvalue weighted by molar-refractivity contribution is 0.0903. The highest BCUT2D eigenvalue weighted by Crippen LogP contribution is 2.21. The van der Waals surface area contributed by atoms with Crippen molar-refractivity contribution in [1.29, 1.82) is 0 Å². The van der Waals surface area contributed by atoms with E-state index in [-0.39, 0.29) is 0 Å². The lowest BCUT2D eigenvalue weighted by atomic mass is 10.1. The van der Waals surface area contributed by atoms with E-state index >= 15 is 0 Å². The molecule has 1 saturated heterocycles. The molecule has 5 heteroatoms. The summed E-state index contributed by atoms with van der Waals surface area (Å²) in [6.45, 7) is 5.72. The number of hydrogen-bond donors (Lipinski definition) is 2. The summed E-state index contributed by atoms with van der Waals surface area (Å²) in [5.41, 5.74) is 6.89. The van der Waals surface area contributed by atoms with E-state index in [1.165, 1.54) is 0 Å². The van der Waals surface area contributed by atoms with Crippen LogP contribution in [-0.4, -0.2) is 29.2 Å². The topological polar surface area (TPSA) is 73.1 Å². The summed E-state index contributed by atoms with van der Waals surface area (Å²) in [5, 5.41) is 3.48. The van der Waals surface area contributed by atoms with Gasteiger partial charge in [0.1, 0.15) is 17.5 Å². The molecule has 0 aromatic carbocycles. The van der Waals surface area contributed by atoms with Gasteiger partial charge in [-0.3, -0.25) is 0 Å². The number of nitrogen functional groups attached to an aromatic ring is 1. The molecule has 2 heterocycles. The number of ether oxygens (including phenoxy) is 1. The molecule has 100 valence electrons. The Labute approximate surface area is 108 Å². The van der Waals surface area contributed by atoms with E-state index < -0.39 is 0 Å². The number of aryl methyl sites for hydroxylation is 1. The first-order valence-electron chi connectivity index (χ1n) is 6.68. The zero-order chi connectivity index (χ0) is 13.0. The molecule has 0 radical (unpaired) electrons. The molecule has 1 aromatic rings. The van der Waals surface area contributed by atoms with Crippen LogP contribution in [-0.2, 0) is 11.2 Å². The van der Waals surface area contributed by atoms with Crippen molar-refractivity contribution in [3.8, 4) is 0 Å². The Morgan fingerprint density at radius 1 is 1.33 bits per heavy atom. The molecule has 0 amide bonds. The molecule has 0 spiro atoms. The molecule has 18 heavy (non-hydrogen) atoms. The number of anilines is 2. The lowest BCUT2D eigenvalue weighted by Gasteiger charge is -2.24. The molecule has 3 N–H and O–H groups in total. The van der Waals surface area contributed by atoms with Gasteiger partial charge < -0.3 is 15.8 Å². The first kappa shape index (κ1) is 13.1. The fourth-order valence-corrected chi connectivity index (χ4v) is 2.09. The fraction of sp³-hybridized carbons (Fsp3) is 0.692. The molecule has 0 atom stereocenters. The molecule has 0 unspecified atom stereocenters. The summed E-state index contributed by atoms with van der Waals surface area (Å²) in [4.78, 5) is 8.89. The number of hydrogen-bond acceptors (Lipinski definition) is 5. The number of nitrogens with zero attached hydrogens (tertiary/aromatic N) is 2. The van der Waals surface area contributed by atoms with Crippen LogP contribution in [0.1, 0.15) is 37.6 Å². The van der Waals surface area contributed by atoms with Crippen LogP contribution in [0.4, 0.5) is 11.6 Å². The second-order valence-electron chi connectivity index (χ2n) is 4.78. The van der Waals surface area contributed by atoms with Crippen LogP contribution in [0.3, 0.4) is 0 Å². The summed E-state index contributed by atoms with van der Waals surface area (Å²) in [5.74, 6) is 2.30. The van der Waals surface area contributed by atoms with Gasteiger partial charge in [-0.1, -0.05) is 6.92 Å². The van der Waals surface area contributed by atoms with Crippen LogP contribution in [0.15, 0.2) is 0 Å². The first-order valence-corrected chi connectivity index (χ1v) is 6.68. The van der Waals surface area contributed by atoms with Gasteiger partial charge in [0.15, 0.2) is 0 Å². The minimum Gasteiger partial charge on any atom is -0.383 e. The van der Waals surface area contributed by atoms with E-state index in [2.05, 4.69) is 22.2 Å². The molecule has 0 saturated carbocycles. The summed E-state index contributed by atoms with van der Waals surface area (Å²) >= 11 is 0. The first-order chi connectivity index (χ1) is 8.70. The summed E-state index contributed by atoms with van der Waals surface area (Å²) in [7, 11) is 0. The van der Waals surface area contributed by atoms with E-state index in [1.807, 2.05) is 6.92 Å². The van der Waals surface area contributed by atoms with Gasteiger partial charge in [0.25, 0.3) is 0 Å². The molecular weight excluding hydrogens is 228 g/mol. The van der Waals surface area contributed by atoms with Crippen molar-refractivity contribution in [2.45, 2.75) is 45.6 Å². The molecule has 0 aliphatic carbocycles. The third-order valence-corrected chi connectivity index (χ3v) is 3.27. The maximum absolute atomic E-state index is 5.94. The fourth-order valence-electron chi connectivity index (χ4n) is 2.09. The molecule has 5 nitrogen and oxygen atoms in total. The number of rotatable bonds is 4. The van der Waals surface area contributed by atoms with Gasteiger partial charge in [0.05, 0.1) is 0 Å². The van der Waals surface area contributed by atoms with E-state index in [4.69, 9.17) is 10.5 Å². The van der Waals surface area contributed by atoms with Crippen molar-refractivity contribution in [2.75, 3.05) is 24.3 Å². The van der Waals surface area contributed by atoms with Crippen molar-refractivity contribution < 1.29 is 4.74 Å². The average molecular weight is 250 g/mol. The minimum atomic E-state index is 0.432.